The van der Waals surface area contributed by atoms with Gasteiger partial charge in [-0.2, -0.15) is 4.31 Å². The van der Waals surface area contributed by atoms with Gasteiger partial charge in [0.1, 0.15) is 10.7 Å². The molecule has 1 aliphatic heterocycles. The third kappa shape index (κ3) is 3.08. The molecule has 0 bridgehead atoms. The van der Waals surface area contributed by atoms with Crippen LogP contribution in [0.4, 0.5) is 4.39 Å². The van der Waals surface area contributed by atoms with Crippen LogP contribution in [0.3, 0.4) is 0 Å². The van der Waals surface area contributed by atoms with Crippen molar-refractivity contribution in [3.05, 3.63) is 60.6 Å². The molecule has 0 amide bonds. The van der Waals surface area contributed by atoms with E-state index in [-0.39, 0.29) is 22.6 Å². The third-order valence-electron chi connectivity index (χ3n) is 5.33. The van der Waals surface area contributed by atoms with Crippen LogP contribution in [0, 0.1) is 11.8 Å². The van der Waals surface area contributed by atoms with Gasteiger partial charge in [-0.3, -0.25) is 4.98 Å². The van der Waals surface area contributed by atoms with Crippen molar-refractivity contribution >= 4 is 20.9 Å². The molecule has 0 radical (unpaired) electrons. The first-order valence-corrected chi connectivity index (χ1v) is 10.4. The summed E-state index contributed by atoms with van der Waals surface area (Å²) in [6.07, 6.45) is 9.11. The second-order valence-corrected chi connectivity index (χ2v) is 8.76. The molecule has 4 rings (SSSR count). The SMILES string of the molecule is O=S(=O)(c1cccc2cccnc12)N1CCC(C2C=CCC=C2F)CC1. The first kappa shape index (κ1) is 17.4. The monoisotopic (exact) mass is 372 g/mol. The zero-order chi connectivity index (χ0) is 18.1. The highest BCUT2D eigenvalue weighted by molar-refractivity contribution is 7.89. The van der Waals surface area contributed by atoms with E-state index >= 15 is 0 Å². The Morgan fingerprint density at radius 1 is 1.12 bits per heavy atom. The topological polar surface area (TPSA) is 50.3 Å². The molecule has 4 nitrogen and oxygen atoms in total. The van der Waals surface area contributed by atoms with E-state index in [1.807, 2.05) is 24.3 Å². The van der Waals surface area contributed by atoms with Crippen molar-refractivity contribution in [2.24, 2.45) is 11.8 Å². The van der Waals surface area contributed by atoms with Crippen LogP contribution in [0.5, 0.6) is 0 Å². The van der Waals surface area contributed by atoms with Crippen molar-refractivity contribution in [2.45, 2.75) is 24.2 Å². The number of rotatable bonds is 3. The van der Waals surface area contributed by atoms with E-state index in [1.54, 1.807) is 30.5 Å². The fraction of sp³-hybridized carbons (Fsp3) is 0.350. The predicted octanol–water partition coefficient (Wildman–Crippen LogP) is 4.07. The number of nitrogens with zero attached hydrogens (tertiary/aromatic N) is 2. The van der Waals surface area contributed by atoms with Gasteiger partial charge >= 0.3 is 0 Å². The van der Waals surface area contributed by atoms with Gasteiger partial charge in [-0.05, 0) is 43.4 Å². The average Bonchev–Trinajstić information content (AvgIpc) is 2.68. The zero-order valence-electron chi connectivity index (χ0n) is 14.4. The summed E-state index contributed by atoms with van der Waals surface area (Å²) in [5.41, 5.74) is 0.501. The fourth-order valence-corrected chi connectivity index (χ4v) is 5.55. The van der Waals surface area contributed by atoms with Gasteiger partial charge in [0.15, 0.2) is 0 Å². The minimum absolute atomic E-state index is 0.0768. The molecule has 0 spiro atoms. The molecule has 26 heavy (non-hydrogen) atoms. The maximum atomic E-state index is 14.1. The number of allylic oxidation sites excluding steroid dienone is 4. The van der Waals surface area contributed by atoms with E-state index in [4.69, 9.17) is 0 Å². The molecule has 2 aromatic rings. The Morgan fingerprint density at radius 2 is 1.88 bits per heavy atom. The summed E-state index contributed by atoms with van der Waals surface area (Å²) in [5, 5.41) is 0.808. The van der Waals surface area contributed by atoms with Crippen LogP contribution in [-0.2, 0) is 10.0 Å². The lowest BCUT2D eigenvalue weighted by Gasteiger charge is -2.34. The second-order valence-electron chi connectivity index (χ2n) is 6.85. The van der Waals surface area contributed by atoms with Gasteiger partial charge in [0.2, 0.25) is 10.0 Å². The van der Waals surface area contributed by atoms with Gasteiger partial charge in [-0.1, -0.05) is 30.4 Å². The Bertz CT molecular complexity index is 971. The molecule has 1 aromatic heterocycles. The molecule has 6 heteroatoms. The van der Waals surface area contributed by atoms with E-state index in [1.165, 1.54) is 4.31 Å². The predicted molar refractivity (Wildman–Crippen MR) is 99.7 cm³/mol. The van der Waals surface area contributed by atoms with Crippen molar-refractivity contribution in [2.75, 3.05) is 13.1 Å². The number of piperidine rings is 1. The van der Waals surface area contributed by atoms with E-state index < -0.39 is 10.0 Å². The number of halogens is 1. The molecule has 0 saturated carbocycles. The normalized spacial score (nSPS) is 22.5. The highest BCUT2D eigenvalue weighted by atomic mass is 32.2. The first-order chi connectivity index (χ1) is 12.6. The number of sulfonamides is 1. The summed E-state index contributed by atoms with van der Waals surface area (Å²) in [5.74, 6) is -0.125. The highest BCUT2D eigenvalue weighted by Crippen LogP contribution is 2.36. The summed E-state index contributed by atoms with van der Waals surface area (Å²) in [6, 6.07) is 8.87. The van der Waals surface area contributed by atoms with Crippen LogP contribution in [-0.4, -0.2) is 30.8 Å². The quantitative estimate of drug-likeness (QED) is 0.764. The Hall–Kier alpha value is -2.05. The zero-order valence-corrected chi connectivity index (χ0v) is 15.2. The van der Waals surface area contributed by atoms with Crippen LogP contribution < -0.4 is 0 Å². The standard InChI is InChI=1S/C20H21FN2O2S/c21-18-8-2-1-7-17(18)15-10-13-23(14-11-15)26(24,25)19-9-3-5-16-6-4-12-22-20(16)19/h1,3-9,12,15,17H,2,10-11,13-14H2. The number of benzene rings is 1. The van der Waals surface area contributed by atoms with Crippen molar-refractivity contribution in [1.29, 1.82) is 0 Å². The van der Waals surface area contributed by atoms with Gasteiger partial charge in [0, 0.05) is 30.6 Å². The average molecular weight is 372 g/mol. The lowest BCUT2D eigenvalue weighted by molar-refractivity contribution is 0.231. The Kier molecular flexibility index (Phi) is 4.63. The molecule has 1 aliphatic carbocycles. The maximum Gasteiger partial charge on any atom is 0.245 e. The maximum absolute atomic E-state index is 14.1. The molecule has 136 valence electrons. The van der Waals surface area contributed by atoms with Crippen molar-refractivity contribution < 1.29 is 12.8 Å². The molecule has 0 N–H and O–H groups in total. The van der Waals surface area contributed by atoms with Crippen LogP contribution >= 0.6 is 0 Å². The number of para-hydroxylation sites is 1. The van der Waals surface area contributed by atoms with Crippen LogP contribution in [0.25, 0.3) is 10.9 Å². The van der Waals surface area contributed by atoms with Crippen LogP contribution in [0.1, 0.15) is 19.3 Å². The Morgan fingerprint density at radius 3 is 2.65 bits per heavy atom. The Labute approximate surface area is 153 Å². The minimum Gasteiger partial charge on any atom is -0.255 e. The number of hydrogen-bond acceptors (Lipinski definition) is 3. The lowest BCUT2D eigenvalue weighted by atomic mass is 9.82. The summed E-state index contributed by atoms with van der Waals surface area (Å²) >= 11 is 0. The van der Waals surface area contributed by atoms with Gasteiger partial charge in [-0.25, -0.2) is 12.8 Å². The second kappa shape index (κ2) is 6.93. The van der Waals surface area contributed by atoms with Crippen LogP contribution in [0.2, 0.25) is 0 Å². The van der Waals surface area contributed by atoms with E-state index in [0.29, 0.717) is 37.9 Å². The number of fused-ring (bicyclic) bond motifs is 1. The molecule has 2 aliphatic rings. The van der Waals surface area contributed by atoms with E-state index in [2.05, 4.69) is 4.98 Å². The third-order valence-corrected chi connectivity index (χ3v) is 7.26. The first-order valence-electron chi connectivity index (χ1n) is 8.93. The lowest BCUT2D eigenvalue weighted by Crippen LogP contribution is -2.40. The molecule has 1 atom stereocenters. The highest BCUT2D eigenvalue weighted by Gasteiger charge is 2.34. The molecule has 1 aromatic carbocycles. The van der Waals surface area contributed by atoms with Crippen LogP contribution in [0.15, 0.2) is 65.5 Å². The minimum atomic E-state index is -3.61. The summed E-state index contributed by atoms with van der Waals surface area (Å²) < 4.78 is 41.9. The summed E-state index contributed by atoms with van der Waals surface area (Å²) in [4.78, 5) is 4.52. The molecular weight excluding hydrogens is 351 g/mol. The Balaban J connectivity index is 1.56. The van der Waals surface area contributed by atoms with Gasteiger partial charge < -0.3 is 0 Å². The summed E-state index contributed by atoms with van der Waals surface area (Å²) in [7, 11) is -3.61. The fourth-order valence-electron chi connectivity index (χ4n) is 3.91. The summed E-state index contributed by atoms with van der Waals surface area (Å²) in [6.45, 7) is 0.821. The molecule has 1 fully saturated rings. The van der Waals surface area contributed by atoms with Crippen molar-refractivity contribution in [1.82, 2.24) is 9.29 Å². The van der Waals surface area contributed by atoms with Gasteiger partial charge in [-0.15, -0.1) is 0 Å². The smallest absolute Gasteiger partial charge is 0.245 e. The van der Waals surface area contributed by atoms with Gasteiger partial charge in [0.25, 0.3) is 0 Å². The number of hydrogen-bond donors (Lipinski definition) is 0. The molecule has 2 heterocycles. The van der Waals surface area contributed by atoms with E-state index in [9.17, 15) is 12.8 Å². The largest absolute Gasteiger partial charge is 0.255 e. The van der Waals surface area contributed by atoms with E-state index in [0.717, 1.165) is 5.39 Å². The molecule has 1 unspecified atom stereocenters. The van der Waals surface area contributed by atoms with Gasteiger partial charge in [0.05, 0.1) is 5.52 Å². The molecular formula is C20H21FN2O2S. The number of aromatic nitrogens is 1. The van der Waals surface area contributed by atoms with Crippen molar-refractivity contribution in [3.8, 4) is 0 Å². The number of pyridine rings is 1. The van der Waals surface area contributed by atoms with Crippen molar-refractivity contribution in [3.63, 3.8) is 0 Å². The molecule has 1 saturated heterocycles.